The zero-order valence-electron chi connectivity index (χ0n) is 30.3. The Balaban J connectivity index is 1.33. The lowest BCUT2D eigenvalue weighted by molar-refractivity contribution is -0.245. The molecule has 0 saturated carbocycles. The van der Waals surface area contributed by atoms with Crippen LogP contribution in [0.3, 0.4) is 0 Å². The Morgan fingerprint density at radius 2 is 1.85 bits per heavy atom. The first kappa shape index (κ1) is 38.5. The highest BCUT2D eigenvalue weighted by molar-refractivity contribution is 6.31. The standard InChI is InChI=1S/C39H49N3O11/c1-4-27(41-42-28(43)15-16-51-21-11-8-6-5-7-9-12-21)39(49)18-23-31(26(19-39)53-29-17-24(40)34(44)20(2)52-29)38(48)33-32(36(23)46)35(45)22-13-10-14-25(50-3)30(22)37(33)47/h5-6,10,13-14,20-21,24,26,29,34,44,46,48-49H,4,7-9,11-12,15-19,40H2,1-3H3,(H,42,43)/b6-5+,41-27-/t20-,21?,24-,26-,29?,34+,39-/m0/s1. The van der Waals surface area contributed by atoms with Gasteiger partial charge in [0.25, 0.3) is 0 Å². The van der Waals surface area contributed by atoms with E-state index in [4.69, 9.17) is 24.7 Å². The average molecular weight is 736 g/mol. The summed E-state index contributed by atoms with van der Waals surface area (Å²) in [4.78, 5) is 40.8. The minimum Gasteiger partial charge on any atom is -0.507 e. The van der Waals surface area contributed by atoms with Gasteiger partial charge in [-0.1, -0.05) is 31.2 Å². The molecule has 1 heterocycles. The largest absolute Gasteiger partial charge is 0.507 e. The summed E-state index contributed by atoms with van der Waals surface area (Å²) in [5.41, 5.74) is 6.05. The van der Waals surface area contributed by atoms with Crippen LogP contribution in [-0.4, -0.2) is 93.6 Å². The predicted molar refractivity (Wildman–Crippen MR) is 192 cm³/mol. The van der Waals surface area contributed by atoms with Crippen molar-refractivity contribution in [3.63, 3.8) is 0 Å². The van der Waals surface area contributed by atoms with E-state index in [0.717, 1.165) is 32.1 Å². The van der Waals surface area contributed by atoms with Gasteiger partial charge in [-0.05, 0) is 51.5 Å². The van der Waals surface area contributed by atoms with Gasteiger partial charge in [0.1, 0.15) is 22.8 Å². The van der Waals surface area contributed by atoms with E-state index in [0.29, 0.717) is 0 Å². The quantitative estimate of drug-likeness (QED) is 0.0762. The minimum absolute atomic E-state index is 0.0114. The number of phenols is 2. The van der Waals surface area contributed by atoms with Crippen molar-refractivity contribution >= 4 is 23.2 Å². The zero-order valence-corrected chi connectivity index (χ0v) is 30.3. The van der Waals surface area contributed by atoms with Crippen molar-refractivity contribution in [2.45, 2.75) is 120 Å². The third-order valence-electron chi connectivity index (χ3n) is 10.7. The zero-order chi connectivity index (χ0) is 38.0. The van der Waals surface area contributed by atoms with Crippen LogP contribution in [0.2, 0.25) is 0 Å². The molecule has 1 aliphatic heterocycles. The van der Waals surface area contributed by atoms with Gasteiger partial charge in [-0.3, -0.25) is 14.4 Å². The van der Waals surface area contributed by atoms with Crippen LogP contribution >= 0.6 is 0 Å². The fourth-order valence-electron chi connectivity index (χ4n) is 7.92. The van der Waals surface area contributed by atoms with Crippen LogP contribution in [0.1, 0.15) is 121 Å². The monoisotopic (exact) mass is 735 g/mol. The third kappa shape index (κ3) is 7.62. The number of fused-ring (bicyclic) bond motifs is 3. The molecule has 0 aromatic heterocycles. The molecular weight excluding hydrogens is 686 g/mol. The summed E-state index contributed by atoms with van der Waals surface area (Å²) < 4.78 is 23.6. The van der Waals surface area contributed by atoms with Crippen LogP contribution in [0.5, 0.6) is 17.2 Å². The maximum absolute atomic E-state index is 14.0. The first-order valence-corrected chi connectivity index (χ1v) is 18.3. The van der Waals surface area contributed by atoms with E-state index in [1.54, 1.807) is 19.9 Å². The number of benzene rings is 2. The van der Waals surface area contributed by atoms with Crippen molar-refractivity contribution in [3.05, 3.63) is 63.7 Å². The Morgan fingerprint density at radius 3 is 2.58 bits per heavy atom. The number of phenolic OH excluding ortho intramolecular Hbond substituents is 2. The Morgan fingerprint density at radius 1 is 1.09 bits per heavy atom. The molecule has 2 aromatic carbocycles. The highest BCUT2D eigenvalue weighted by atomic mass is 16.7. The van der Waals surface area contributed by atoms with Gasteiger partial charge in [0.2, 0.25) is 11.7 Å². The van der Waals surface area contributed by atoms with Crippen LogP contribution < -0.4 is 15.9 Å². The molecule has 14 heteroatoms. The molecule has 2 aromatic rings. The van der Waals surface area contributed by atoms with Crippen molar-refractivity contribution in [1.82, 2.24) is 5.43 Å². The fourth-order valence-corrected chi connectivity index (χ4v) is 7.92. The number of nitrogens with two attached hydrogens (primary N) is 1. The lowest BCUT2D eigenvalue weighted by Crippen LogP contribution is -2.52. The van der Waals surface area contributed by atoms with Crippen molar-refractivity contribution < 1.29 is 53.8 Å². The summed E-state index contributed by atoms with van der Waals surface area (Å²) in [7, 11) is 1.35. The van der Waals surface area contributed by atoms with Crippen molar-refractivity contribution in [3.8, 4) is 17.2 Å². The van der Waals surface area contributed by atoms with Crippen LogP contribution in [0.4, 0.5) is 0 Å². The third-order valence-corrected chi connectivity index (χ3v) is 10.7. The fraction of sp³-hybridized carbons (Fsp3) is 0.538. The number of methoxy groups -OCH3 is 1. The van der Waals surface area contributed by atoms with E-state index in [9.17, 15) is 34.8 Å². The van der Waals surface area contributed by atoms with Gasteiger partial charge in [0, 0.05) is 42.0 Å². The Bertz CT molecular complexity index is 1800. The molecule has 14 nitrogen and oxygen atoms in total. The maximum Gasteiger partial charge on any atom is 0.242 e. The second kappa shape index (κ2) is 16.0. The van der Waals surface area contributed by atoms with E-state index < -0.39 is 76.3 Å². The molecule has 0 spiro atoms. The number of ketones is 2. The maximum atomic E-state index is 14.0. The average Bonchev–Trinajstić information content (AvgIpc) is 3.11. The van der Waals surface area contributed by atoms with Crippen molar-refractivity contribution in [2.24, 2.45) is 10.8 Å². The molecule has 0 bridgehead atoms. The summed E-state index contributed by atoms with van der Waals surface area (Å²) in [6.07, 6.45) is 4.92. The molecule has 53 heavy (non-hydrogen) atoms. The van der Waals surface area contributed by atoms with E-state index in [-0.39, 0.29) is 78.5 Å². The highest BCUT2D eigenvalue weighted by Gasteiger charge is 2.49. The number of nitrogens with zero attached hydrogens (tertiary/aromatic N) is 1. The number of carbonyl (C=O) groups is 3. The Kier molecular flexibility index (Phi) is 11.7. The van der Waals surface area contributed by atoms with E-state index >= 15 is 0 Å². The lowest BCUT2D eigenvalue weighted by Gasteiger charge is -2.43. The van der Waals surface area contributed by atoms with Gasteiger partial charge in [-0.15, -0.1) is 0 Å². The first-order chi connectivity index (χ1) is 25.4. The molecule has 1 saturated heterocycles. The van der Waals surface area contributed by atoms with Gasteiger partial charge >= 0.3 is 0 Å². The molecule has 286 valence electrons. The number of aromatic hydroxyl groups is 2. The molecule has 3 aliphatic carbocycles. The number of carbonyl (C=O) groups excluding carboxylic acids is 3. The topological polar surface area (TPSA) is 219 Å². The minimum atomic E-state index is -1.87. The number of hydrogen-bond acceptors (Lipinski definition) is 13. The summed E-state index contributed by atoms with van der Waals surface area (Å²) in [6.45, 7) is 3.58. The molecule has 1 fully saturated rings. The normalized spacial score (nSPS) is 29.3. The Hall–Kier alpha value is -4.18. The van der Waals surface area contributed by atoms with Crippen LogP contribution in [-0.2, 0) is 25.4 Å². The van der Waals surface area contributed by atoms with Crippen molar-refractivity contribution in [2.75, 3.05) is 13.7 Å². The number of nitrogens with one attached hydrogen (secondary N) is 1. The molecule has 1 amide bonds. The predicted octanol–water partition coefficient (Wildman–Crippen LogP) is 3.62. The van der Waals surface area contributed by atoms with Crippen molar-refractivity contribution in [1.29, 1.82) is 0 Å². The molecular formula is C39H49N3O11. The van der Waals surface area contributed by atoms with Gasteiger partial charge < -0.3 is 45.1 Å². The van der Waals surface area contributed by atoms with Gasteiger partial charge in [0.05, 0.1) is 67.0 Å². The number of ether oxygens (including phenoxy) is 4. The summed E-state index contributed by atoms with van der Waals surface area (Å²) in [5.74, 6) is -2.93. The van der Waals surface area contributed by atoms with Gasteiger partial charge in [-0.2, -0.15) is 5.10 Å². The summed E-state index contributed by atoms with van der Waals surface area (Å²) in [6, 6.07) is 3.78. The number of aliphatic hydroxyl groups excluding tert-OH is 1. The molecule has 0 radical (unpaired) electrons. The number of rotatable bonds is 10. The molecule has 7 atom stereocenters. The molecule has 2 unspecified atom stereocenters. The summed E-state index contributed by atoms with van der Waals surface area (Å²) in [5, 5.41) is 50.8. The summed E-state index contributed by atoms with van der Waals surface area (Å²) >= 11 is 0. The van der Waals surface area contributed by atoms with Crippen LogP contribution in [0.25, 0.3) is 0 Å². The Labute approximate surface area is 307 Å². The van der Waals surface area contributed by atoms with E-state index in [1.807, 2.05) is 0 Å². The number of aliphatic hydroxyl groups is 2. The number of hydrazone groups is 1. The second-order valence-corrected chi connectivity index (χ2v) is 14.2. The molecule has 7 N–H and O–H groups in total. The number of amides is 1. The number of allylic oxidation sites excluding steroid dienone is 2. The highest BCUT2D eigenvalue weighted by Crippen LogP contribution is 2.52. The second-order valence-electron chi connectivity index (χ2n) is 14.2. The van der Waals surface area contributed by atoms with E-state index in [1.165, 1.54) is 19.2 Å². The lowest BCUT2D eigenvalue weighted by atomic mass is 9.71. The smallest absolute Gasteiger partial charge is 0.242 e. The SMILES string of the molecule is CC/C(=N/NC(=O)CCOC1CC/C=C/CCC1)[C@]1(O)Cc2c(O)c3c(c(O)c2[C@@H](OC2C[C@H](N)[C@H](O)[C@H](C)O2)C1)C(=O)c1c(OC)cccc1C3=O. The van der Waals surface area contributed by atoms with E-state index in [2.05, 4.69) is 22.7 Å². The first-order valence-electron chi connectivity index (χ1n) is 18.3. The van der Waals surface area contributed by atoms with Crippen LogP contribution in [0.15, 0.2) is 35.5 Å². The molecule has 6 rings (SSSR count). The van der Waals surface area contributed by atoms with Gasteiger partial charge in [-0.25, -0.2) is 5.43 Å². The van der Waals surface area contributed by atoms with Gasteiger partial charge in [0.15, 0.2) is 12.1 Å². The molecule has 4 aliphatic rings. The number of hydrogen-bond donors (Lipinski definition) is 6. The van der Waals surface area contributed by atoms with Crippen LogP contribution in [0, 0.1) is 0 Å².